The number of nitrogens with one attached hydrogen (secondary N) is 2. The fourth-order valence-corrected chi connectivity index (χ4v) is 5.48. The summed E-state index contributed by atoms with van der Waals surface area (Å²) >= 11 is 1.54. The fraction of sp³-hybridized carbons (Fsp3) is 0.321. The molecular weight excluding hydrogens is 468 g/mol. The molecule has 7 nitrogen and oxygen atoms in total. The van der Waals surface area contributed by atoms with Crippen molar-refractivity contribution >= 4 is 28.7 Å². The highest BCUT2D eigenvalue weighted by Gasteiger charge is 2.29. The largest absolute Gasteiger partial charge is 0.424 e. The van der Waals surface area contributed by atoms with Crippen LogP contribution < -0.4 is 14.2 Å². The van der Waals surface area contributed by atoms with Crippen LogP contribution in [-0.4, -0.2) is 20.6 Å². The van der Waals surface area contributed by atoms with Gasteiger partial charge in [-0.15, -0.1) is 0 Å². The van der Waals surface area contributed by atoms with E-state index in [2.05, 4.69) is 61.2 Å². The van der Waals surface area contributed by atoms with Gasteiger partial charge in [-0.25, -0.2) is 14.7 Å². The molecule has 2 saturated carbocycles. The minimum absolute atomic E-state index is 0.307. The zero-order valence-electron chi connectivity index (χ0n) is 20.1. The van der Waals surface area contributed by atoms with Gasteiger partial charge in [0.05, 0.1) is 16.8 Å². The summed E-state index contributed by atoms with van der Waals surface area (Å²) in [6.07, 6.45) is 9.38. The van der Waals surface area contributed by atoms with E-state index in [4.69, 9.17) is 4.74 Å². The first-order valence-corrected chi connectivity index (χ1v) is 13.3. The first-order valence-electron chi connectivity index (χ1n) is 12.5. The molecule has 0 spiro atoms. The number of rotatable bonds is 9. The third-order valence-electron chi connectivity index (χ3n) is 7.18. The van der Waals surface area contributed by atoms with Gasteiger partial charge in [-0.2, -0.15) is 5.26 Å². The summed E-state index contributed by atoms with van der Waals surface area (Å²) in [5.41, 5.74) is 4.76. The van der Waals surface area contributed by atoms with E-state index in [0.717, 1.165) is 46.6 Å². The Bertz CT molecular complexity index is 1400. The average Bonchev–Trinajstić information content (AvgIpc) is 3.68. The van der Waals surface area contributed by atoms with Crippen molar-refractivity contribution in [1.82, 2.24) is 19.3 Å². The van der Waals surface area contributed by atoms with Gasteiger partial charge in [0.1, 0.15) is 11.8 Å². The molecule has 0 unspecified atom stereocenters. The summed E-state index contributed by atoms with van der Waals surface area (Å²) in [5.74, 6) is 1.47. The number of aromatic nitrogens is 3. The van der Waals surface area contributed by atoms with Gasteiger partial charge >= 0.3 is 6.01 Å². The SMILES string of the molecule is C[C@H](NSNc1ccc(-c2c(C#N)c3ccc(Oc4ncccn4)cc3n2C2CCC2)cc1)C1CC1. The molecule has 2 aliphatic rings. The summed E-state index contributed by atoms with van der Waals surface area (Å²) in [5, 5.41) is 11.1. The normalized spacial score (nSPS) is 16.3. The zero-order chi connectivity index (χ0) is 24.5. The molecule has 8 heteroatoms. The smallest absolute Gasteiger partial charge is 0.321 e. The lowest BCUT2D eigenvalue weighted by Gasteiger charge is -2.30. The van der Waals surface area contributed by atoms with Crippen LogP contribution in [0.3, 0.4) is 0 Å². The van der Waals surface area contributed by atoms with Crippen molar-refractivity contribution in [1.29, 1.82) is 5.26 Å². The van der Waals surface area contributed by atoms with E-state index in [1.165, 1.54) is 31.4 Å². The Morgan fingerprint density at radius 2 is 1.86 bits per heavy atom. The molecule has 0 aliphatic heterocycles. The number of ether oxygens (including phenoxy) is 1. The molecule has 2 aromatic carbocycles. The van der Waals surface area contributed by atoms with E-state index in [-0.39, 0.29) is 0 Å². The van der Waals surface area contributed by atoms with Gasteiger partial charge in [-0.05, 0) is 80.8 Å². The van der Waals surface area contributed by atoms with Gasteiger partial charge in [0, 0.05) is 53.8 Å². The van der Waals surface area contributed by atoms with Crippen molar-refractivity contribution in [2.45, 2.75) is 51.1 Å². The Morgan fingerprint density at radius 3 is 2.53 bits per heavy atom. The lowest BCUT2D eigenvalue weighted by atomic mass is 9.92. The molecule has 2 N–H and O–H groups in total. The standard InChI is InChI=1S/C28H28N6OS/c1-18(19-6-7-19)32-36-33-21-10-8-20(9-11-21)27-25(17-29)24-13-12-23(35-28-30-14-3-15-31-28)16-26(24)34(27)22-4-2-5-22/h3,8-16,18-19,22,32-33H,2,4-7H2,1H3/t18-/m0/s1. The number of nitriles is 1. The molecule has 0 saturated heterocycles. The molecule has 2 fully saturated rings. The Labute approximate surface area is 215 Å². The summed E-state index contributed by atoms with van der Waals surface area (Å²) in [4.78, 5) is 8.34. The lowest BCUT2D eigenvalue weighted by Crippen LogP contribution is -2.22. The van der Waals surface area contributed by atoms with E-state index in [1.54, 1.807) is 18.5 Å². The highest BCUT2D eigenvalue weighted by Crippen LogP contribution is 2.43. The number of anilines is 1. The first kappa shape index (κ1) is 22.9. The molecule has 6 rings (SSSR count). The van der Waals surface area contributed by atoms with Gasteiger partial charge < -0.3 is 14.0 Å². The van der Waals surface area contributed by atoms with Crippen LogP contribution in [0.25, 0.3) is 22.2 Å². The second kappa shape index (κ2) is 9.84. The molecule has 182 valence electrons. The van der Waals surface area contributed by atoms with Crippen molar-refractivity contribution in [2.75, 3.05) is 4.72 Å². The highest BCUT2D eigenvalue weighted by molar-refractivity contribution is 7.98. The molecule has 0 radical (unpaired) electrons. The van der Waals surface area contributed by atoms with Crippen LogP contribution in [0.4, 0.5) is 5.69 Å². The maximum absolute atomic E-state index is 10.2. The maximum Gasteiger partial charge on any atom is 0.321 e. The van der Waals surface area contributed by atoms with Gasteiger partial charge in [-0.1, -0.05) is 12.1 Å². The van der Waals surface area contributed by atoms with Crippen molar-refractivity contribution in [3.63, 3.8) is 0 Å². The number of nitrogens with zero attached hydrogens (tertiary/aromatic N) is 4. The molecule has 2 aromatic heterocycles. The molecule has 36 heavy (non-hydrogen) atoms. The summed E-state index contributed by atoms with van der Waals surface area (Å²) in [7, 11) is 0. The monoisotopic (exact) mass is 496 g/mol. The number of hydrogen-bond acceptors (Lipinski definition) is 7. The minimum Gasteiger partial charge on any atom is -0.424 e. The zero-order valence-corrected chi connectivity index (χ0v) is 21.0. The van der Waals surface area contributed by atoms with Crippen LogP contribution in [0.2, 0.25) is 0 Å². The minimum atomic E-state index is 0.307. The molecule has 2 heterocycles. The second-order valence-corrected chi connectivity index (χ2v) is 10.3. The molecule has 4 aromatic rings. The van der Waals surface area contributed by atoms with Gasteiger partial charge in [0.2, 0.25) is 0 Å². The summed E-state index contributed by atoms with van der Waals surface area (Å²) in [6, 6.07) is 19.7. The van der Waals surface area contributed by atoms with E-state index in [0.29, 0.717) is 29.4 Å². The first-order chi connectivity index (χ1) is 17.7. The van der Waals surface area contributed by atoms with Gasteiger partial charge in [0.15, 0.2) is 0 Å². The predicted octanol–water partition coefficient (Wildman–Crippen LogP) is 6.85. The average molecular weight is 497 g/mol. The third-order valence-corrected chi connectivity index (χ3v) is 8.01. The summed E-state index contributed by atoms with van der Waals surface area (Å²) in [6.45, 7) is 2.24. The Balaban J connectivity index is 1.32. The molecule has 0 amide bonds. The van der Waals surface area contributed by atoms with Crippen LogP contribution in [0.15, 0.2) is 60.9 Å². The van der Waals surface area contributed by atoms with Crippen molar-refractivity contribution in [3.8, 4) is 29.1 Å². The maximum atomic E-state index is 10.2. The lowest BCUT2D eigenvalue weighted by molar-refractivity contribution is 0.324. The summed E-state index contributed by atoms with van der Waals surface area (Å²) < 4.78 is 15.1. The Morgan fingerprint density at radius 1 is 1.08 bits per heavy atom. The van der Waals surface area contributed by atoms with E-state index >= 15 is 0 Å². The Hall–Kier alpha value is -3.54. The second-order valence-electron chi connectivity index (χ2n) is 9.63. The number of benzene rings is 2. The highest BCUT2D eigenvalue weighted by atomic mass is 32.2. The molecule has 1 atom stereocenters. The van der Waals surface area contributed by atoms with E-state index < -0.39 is 0 Å². The topological polar surface area (TPSA) is 87.8 Å². The number of hydrogen-bond donors (Lipinski definition) is 2. The van der Waals surface area contributed by atoms with Crippen LogP contribution in [-0.2, 0) is 0 Å². The molecular formula is C28H28N6OS. The molecule has 0 bridgehead atoms. The Kier molecular flexibility index (Phi) is 6.26. The van der Waals surface area contributed by atoms with Crippen LogP contribution in [0, 0.1) is 17.2 Å². The predicted molar refractivity (Wildman–Crippen MR) is 144 cm³/mol. The van der Waals surface area contributed by atoms with Crippen LogP contribution >= 0.6 is 12.1 Å². The molecule has 2 aliphatic carbocycles. The van der Waals surface area contributed by atoms with Crippen molar-refractivity contribution in [3.05, 3.63) is 66.5 Å². The fourth-order valence-electron chi connectivity index (χ4n) is 4.79. The van der Waals surface area contributed by atoms with E-state index in [1.807, 2.05) is 18.2 Å². The van der Waals surface area contributed by atoms with Crippen molar-refractivity contribution in [2.24, 2.45) is 5.92 Å². The van der Waals surface area contributed by atoms with Crippen LogP contribution in [0.5, 0.6) is 11.8 Å². The van der Waals surface area contributed by atoms with Gasteiger partial charge in [-0.3, -0.25) is 0 Å². The third kappa shape index (κ3) is 4.52. The van der Waals surface area contributed by atoms with Crippen LogP contribution in [0.1, 0.15) is 50.6 Å². The van der Waals surface area contributed by atoms with Crippen molar-refractivity contribution < 1.29 is 4.74 Å². The van der Waals surface area contributed by atoms with Gasteiger partial charge in [0.25, 0.3) is 0 Å². The van der Waals surface area contributed by atoms with E-state index in [9.17, 15) is 5.26 Å². The quantitative estimate of drug-likeness (QED) is 0.245. The number of fused-ring (bicyclic) bond motifs is 1.